The van der Waals surface area contributed by atoms with Crippen LogP contribution in [0.5, 0.6) is 5.75 Å². The van der Waals surface area contributed by atoms with Gasteiger partial charge in [-0.05, 0) is 30.5 Å². The van der Waals surface area contributed by atoms with Crippen molar-refractivity contribution in [2.75, 3.05) is 13.7 Å². The minimum atomic E-state index is -0.311. The van der Waals surface area contributed by atoms with Crippen LogP contribution in [-0.4, -0.2) is 19.7 Å². The van der Waals surface area contributed by atoms with E-state index in [1.165, 1.54) is 0 Å². The lowest BCUT2D eigenvalue weighted by atomic mass is 10.1. The van der Waals surface area contributed by atoms with Gasteiger partial charge in [0.05, 0.1) is 13.7 Å². The highest BCUT2D eigenvalue weighted by Gasteiger charge is 2.13. The normalized spacial score (nSPS) is 9.94. The van der Waals surface area contributed by atoms with Crippen LogP contribution in [-0.2, 0) is 11.2 Å². The average molecular weight is 222 g/mol. The summed E-state index contributed by atoms with van der Waals surface area (Å²) >= 11 is 0. The first-order valence-electron chi connectivity index (χ1n) is 5.57. The van der Waals surface area contributed by atoms with Gasteiger partial charge in [-0.3, -0.25) is 0 Å². The fourth-order valence-electron chi connectivity index (χ4n) is 1.41. The Balaban J connectivity index is 2.94. The average Bonchev–Trinajstić information content (AvgIpc) is 2.35. The highest BCUT2D eigenvalue weighted by Crippen LogP contribution is 2.21. The molecule has 0 saturated heterocycles. The number of rotatable bonds is 5. The van der Waals surface area contributed by atoms with E-state index in [1.807, 2.05) is 26.0 Å². The van der Waals surface area contributed by atoms with E-state index in [-0.39, 0.29) is 5.97 Å². The second kappa shape index (κ2) is 6.16. The van der Waals surface area contributed by atoms with Crippen LogP contribution >= 0.6 is 0 Å². The number of hydrogen-bond donors (Lipinski definition) is 0. The van der Waals surface area contributed by atoms with Crippen molar-refractivity contribution in [1.29, 1.82) is 0 Å². The molecule has 0 atom stereocenters. The van der Waals surface area contributed by atoms with Gasteiger partial charge in [0.2, 0.25) is 0 Å². The highest BCUT2D eigenvalue weighted by atomic mass is 16.5. The number of benzene rings is 1. The molecule has 0 saturated carbocycles. The Labute approximate surface area is 96.4 Å². The summed E-state index contributed by atoms with van der Waals surface area (Å²) in [5.74, 6) is 0.257. The molecule has 0 spiro atoms. The Morgan fingerprint density at radius 1 is 1.31 bits per heavy atom. The van der Waals surface area contributed by atoms with Gasteiger partial charge < -0.3 is 9.47 Å². The Hall–Kier alpha value is -1.51. The fraction of sp³-hybridized carbons (Fsp3) is 0.462. The Kier molecular flexibility index (Phi) is 4.83. The quantitative estimate of drug-likeness (QED) is 0.719. The van der Waals surface area contributed by atoms with Gasteiger partial charge in [-0.15, -0.1) is 0 Å². The lowest BCUT2D eigenvalue weighted by Crippen LogP contribution is -2.08. The van der Waals surface area contributed by atoms with E-state index in [1.54, 1.807) is 13.2 Å². The van der Waals surface area contributed by atoms with Crippen molar-refractivity contribution in [3.8, 4) is 5.75 Å². The van der Waals surface area contributed by atoms with E-state index >= 15 is 0 Å². The maximum absolute atomic E-state index is 11.7. The van der Waals surface area contributed by atoms with E-state index in [0.29, 0.717) is 17.9 Å². The van der Waals surface area contributed by atoms with Crippen LogP contribution in [0.15, 0.2) is 18.2 Å². The van der Waals surface area contributed by atoms with E-state index < -0.39 is 0 Å². The second-order valence-corrected chi connectivity index (χ2v) is 3.52. The molecular formula is C13H18O3. The minimum Gasteiger partial charge on any atom is -0.496 e. The van der Waals surface area contributed by atoms with Crippen molar-refractivity contribution in [2.45, 2.75) is 26.7 Å². The van der Waals surface area contributed by atoms with Gasteiger partial charge in [0, 0.05) is 0 Å². The van der Waals surface area contributed by atoms with Gasteiger partial charge in [-0.25, -0.2) is 4.79 Å². The molecule has 1 rings (SSSR count). The zero-order valence-corrected chi connectivity index (χ0v) is 10.1. The summed E-state index contributed by atoms with van der Waals surface area (Å²) in [5, 5.41) is 0. The molecule has 0 amide bonds. The first-order chi connectivity index (χ1) is 7.72. The van der Waals surface area contributed by atoms with Crippen molar-refractivity contribution in [3.05, 3.63) is 29.3 Å². The fourth-order valence-corrected chi connectivity index (χ4v) is 1.41. The molecule has 0 unspecified atom stereocenters. The van der Waals surface area contributed by atoms with Gasteiger partial charge in [-0.1, -0.05) is 19.9 Å². The molecular weight excluding hydrogens is 204 g/mol. The van der Waals surface area contributed by atoms with Crippen LogP contribution < -0.4 is 4.74 Å². The third kappa shape index (κ3) is 2.99. The number of aryl methyl sites for hydroxylation is 1. The van der Waals surface area contributed by atoms with Crippen molar-refractivity contribution in [3.63, 3.8) is 0 Å². The van der Waals surface area contributed by atoms with Crippen LogP contribution in [0.25, 0.3) is 0 Å². The Bertz CT molecular complexity index is 358. The third-order valence-corrected chi connectivity index (χ3v) is 2.33. The van der Waals surface area contributed by atoms with Gasteiger partial charge >= 0.3 is 5.97 Å². The molecule has 1 aromatic carbocycles. The standard InChI is InChI=1S/C13H18O3/c1-4-8-16-13(14)11-9-10(5-2)6-7-12(11)15-3/h6-7,9H,4-5,8H2,1-3H3. The lowest BCUT2D eigenvalue weighted by Gasteiger charge is -2.09. The summed E-state index contributed by atoms with van der Waals surface area (Å²) in [6, 6.07) is 5.59. The molecule has 0 heterocycles. The highest BCUT2D eigenvalue weighted by molar-refractivity contribution is 5.92. The molecule has 0 aliphatic rings. The molecule has 0 fully saturated rings. The summed E-state index contributed by atoms with van der Waals surface area (Å²) < 4.78 is 10.2. The Morgan fingerprint density at radius 3 is 2.62 bits per heavy atom. The SMILES string of the molecule is CCCOC(=O)c1cc(CC)ccc1OC. The summed E-state index contributed by atoms with van der Waals surface area (Å²) in [6.07, 6.45) is 1.71. The molecule has 3 heteroatoms. The monoisotopic (exact) mass is 222 g/mol. The van der Waals surface area contributed by atoms with Crippen LogP contribution in [0.3, 0.4) is 0 Å². The maximum Gasteiger partial charge on any atom is 0.341 e. The van der Waals surface area contributed by atoms with Crippen molar-refractivity contribution < 1.29 is 14.3 Å². The van der Waals surface area contributed by atoms with Crippen LogP contribution in [0.2, 0.25) is 0 Å². The smallest absolute Gasteiger partial charge is 0.341 e. The molecule has 0 radical (unpaired) electrons. The predicted octanol–water partition coefficient (Wildman–Crippen LogP) is 2.82. The van der Waals surface area contributed by atoms with E-state index in [2.05, 4.69) is 0 Å². The molecule has 0 aromatic heterocycles. The van der Waals surface area contributed by atoms with Gasteiger partial charge in [-0.2, -0.15) is 0 Å². The number of ether oxygens (including phenoxy) is 2. The van der Waals surface area contributed by atoms with Crippen LogP contribution in [0.1, 0.15) is 36.2 Å². The van der Waals surface area contributed by atoms with Crippen molar-refractivity contribution >= 4 is 5.97 Å². The summed E-state index contributed by atoms with van der Waals surface area (Å²) in [6.45, 7) is 4.45. The second-order valence-electron chi connectivity index (χ2n) is 3.52. The minimum absolute atomic E-state index is 0.311. The summed E-state index contributed by atoms with van der Waals surface area (Å²) in [7, 11) is 1.55. The molecule has 0 aliphatic carbocycles. The van der Waals surface area contributed by atoms with Crippen molar-refractivity contribution in [1.82, 2.24) is 0 Å². The molecule has 88 valence electrons. The first-order valence-corrected chi connectivity index (χ1v) is 5.57. The van der Waals surface area contributed by atoms with E-state index in [4.69, 9.17) is 9.47 Å². The van der Waals surface area contributed by atoms with Gasteiger partial charge in [0.25, 0.3) is 0 Å². The molecule has 0 aliphatic heterocycles. The number of carbonyl (C=O) groups excluding carboxylic acids is 1. The number of methoxy groups -OCH3 is 1. The van der Waals surface area contributed by atoms with Crippen molar-refractivity contribution in [2.24, 2.45) is 0 Å². The number of esters is 1. The molecule has 1 aromatic rings. The van der Waals surface area contributed by atoms with Gasteiger partial charge in [0.15, 0.2) is 0 Å². The number of hydrogen-bond acceptors (Lipinski definition) is 3. The molecule has 0 N–H and O–H groups in total. The predicted molar refractivity (Wildman–Crippen MR) is 62.9 cm³/mol. The van der Waals surface area contributed by atoms with E-state index in [0.717, 1.165) is 18.4 Å². The van der Waals surface area contributed by atoms with Crippen LogP contribution in [0, 0.1) is 0 Å². The van der Waals surface area contributed by atoms with Crippen LogP contribution in [0.4, 0.5) is 0 Å². The summed E-state index contributed by atoms with van der Waals surface area (Å²) in [5.41, 5.74) is 1.61. The largest absolute Gasteiger partial charge is 0.496 e. The topological polar surface area (TPSA) is 35.5 Å². The zero-order chi connectivity index (χ0) is 12.0. The molecule has 3 nitrogen and oxygen atoms in total. The lowest BCUT2D eigenvalue weighted by molar-refractivity contribution is 0.0501. The summed E-state index contributed by atoms with van der Waals surface area (Å²) in [4.78, 5) is 11.7. The zero-order valence-electron chi connectivity index (χ0n) is 10.1. The number of carbonyl (C=O) groups is 1. The molecule has 16 heavy (non-hydrogen) atoms. The van der Waals surface area contributed by atoms with E-state index in [9.17, 15) is 4.79 Å². The maximum atomic E-state index is 11.7. The van der Waals surface area contributed by atoms with Gasteiger partial charge in [0.1, 0.15) is 11.3 Å². The Morgan fingerprint density at radius 2 is 2.06 bits per heavy atom. The third-order valence-electron chi connectivity index (χ3n) is 2.33. The molecule has 0 bridgehead atoms. The first kappa shape index (κ1) is 12.6.